The summed E-state index contributed by atoms with van der Waals surface area (Å²) in [6, 6.07) is 3.81. The fraction of sp³-hybridized carbons (Fsp3) is 0.167. The number of halogens is 3. The minimum absolute atomic E-state index is 0.195. The maximum atomic E-state index is 12.3. The summed E-state index contributed by atoms with van der Waals surface area (Å²) in [5.74, 6) is -2.25. The second-order valence-corrected chi connectivity index (χ2v) is 3.65. The first-order chi connectivity index (χ1) is 8.70. The molecule has 0 aliphatic carbocycles. The van der Waals surface area contributed by atoms with Gasteiger partial charge in [0.25, 0.3) is 0 Å². The summed E-state index contributed by atoms with van der Waals surface area (Å²) in [7, 11) is 0. The first-order valence-electron chi connectivity index (χ1n) is 5.08. The molecular formula is C12H9F3NO3-. The average Bonchev–Trinajstić information content (AvgIpc) is 2.27. The van der Waals surface area contributed by atoms with Crippen LogP contribution in [0.3, 0.4) is 0 Å². The van der Waals surface area contributed by atoms with E-state index < -0.39 is 29.3 Å². The number of carbonyl (C=O) groups is 2. The Kier molecular flexibility index (Phi) is 4.31. The molecule has 0 atom stereocenters. The van der Waals surface area contributed by atoms with Crippen molar-refractivity contribution in [3.8, 4) is 0 Å². The number of hydrogen-bond donors (Lipinski definition) is 1. The highest BCUT2D eigenvalue weighted by atomic mass is 19.4. The lowest BCUT2D eigenvalue weighted by atomic mass is 10.1. The third-order valence-electron chi connectivity index (χ3n) is 2.08. The van der Waals surface area contributed by atoms with Gasteiger partial charge in [-0.3, -0.25) is 4.79 Å². The lowest BCUT2D eigenvalue weighted by molar-refractivity contribution is -0.299. The highest BCUT2D eigenvalue weighted by Crippen LogP contribution is 2.29. The molecule has 4 nitrogen and oxygen atoms in total. The predicted molar refractivity (Wildman–Crippen MR) is 58.2 cm³/mol. The number of alkyl halides is 3. The second kappa shape index (κ2) is 5.55. The molecule has 0 saturated heterocycles. The fourth-order valence-corrected chi connectivity index (χ4v) is 1.27. The van der Waals surface area contributed by atoms with Gasteiger partial charge in [-0.15, -0.1) is 0 Å². The molecule has 0 fully saturated rings. The molecular weight excluding hydrogens is 263 g/mol. The van der Waals surface area contributed by atoms with Crippen molar-refractivity contribution in [2.24, 2.45) is 0 Å². The number of aliphatic carboxylic acids is 1. The van der Waals surface area contributed by atoms with Crippen molar-refractivity contribution in [3.63, 3.8) is 0 Å². The topological polar surface area (TPSA) is 69.2 Å². The van der Waals surface area contributed by atoms with Crippen molar-refractivity contribution in [2.45, 2.75) is 13.1 Å². The van der Waals surface area contributed by atoms with Crippen LogP contribution in [0.2, 0.25) is 0 Å². The molecule has 0 heterocycles. The number of hydrogen-bond acceptors (Lipinski definition) is 3. The van der Waals surface area contributed by atoms with E-state index in [1.165, 1.54) is 0 Å². The molecule has 0 unspecified atom stereocenters. The molecule has 1 N–H and O–H groups in total. The van der Waals surface area contributed by atoms with Crippen molar-refractivity contribution in [1.29, 1.82) is 0 Å². The predicted octanol–water partition coefficient (Wildman–Crippen LogP) is 0.932. The molecule has 19 heavy (non-hydrogen) atoms. The van der Waals surface area contributed by atoms with Crippen molar-refractivity contribution >= 4 is 18.0 Å². The number of benzene rings is 1. The first kappa shape index (κ1) is 14.7. The number of carboxylic acids is 1. The molecule has 1 amide bonds. The van der Waals surface area contributed by atoms with Crippen LogP contribution in [0.5, 0.6) is 0 Å². The minimum Gasteiger partial charge on any atom is -0.543 e. The Bertz CT molecular complexity index is 518. The Morgan fingerprint density at radius 3 is 2.11 bits per heavy atom. The molecule has 1 aromatic rings. The third-order valence-corrected chi connectivity index (χ3v) is 2.08. The van der Waals surface area contributed by atoms with Crippen molar-refractivity contribution in [1.82, 2.24) is 5.32 Å². The van der Waals surface area contributed by atoms with Crippen LogP contribution in [0.1, 0.15) is 18.1 Å². The summed E-state index contributed by atoms with van der Waals surface area (Å²) in [6.45, 7) is 1.10. The van der Waals surface area contributed by atoms with E-state index in [0.717, 1.165) is 37.3 Å². The van der Waals surface area contributed by atoms with E-state index in [4.69, 9.17) is 0 Å². The number of rotatable bonds is 3. The van der Waals surface area contributed by atoms with Crippen LogP contribution in [0.15, 0.2) is 30.0 Å². The zero-order valence-electron chi connectivity index (χ0n) is 9.75. The second-order valence-electron chi connectivity index (χ2n) is 3.65. The van der Waals surface area contributed by atoms with E-state index in [-0.39, 0.29) is 5.56 Å². The molecule has 102 valence electrons. The molecule has 0 radical (unpaired) electrons. The van der Waals surface area contributed by atoms with Crippen LogP contribution in [-0.4, -0.2) is 11.9 Å². The lowest BCUT2D eigenvalue weighted by Crippen LogP contribution is -2.34. The van der Waals surface area contributed by atoms with Gasteiger partial charge in [0.1, 0.15) is 0 Å². The monoisotopic (exact) mass is 272 g/mol. The minimum atomic E-state index is -4.46. The normalized spacial score (nSPS) is 12.1. The Morgan fingerprint density at radius 1 is 1.21 bits per heavy atom. The van der Waals surface area contributed by atoms with Crippen molar-refractivity contribution in [3.05, 3.63) is 41.1 Å². The van der Waals surface area contributed by atoms with Gasteiger partial charge in [0, 0.05) is 6.92 Å². The zero-order chi connectivity index (χ0) is 14.6. The smallest absolute Gasteiger partial charge is 0.416 e. The number of amides is 1. The Balaban J connectivity index is 3.03. The zero-order valence-corrected chi connectivity index (χ0v) is 9.75. The average molecular weight is 272 g/mol. The van der Waals surface area contributed by atoms with Crippen LogP contribution in [-0.2, 0) is 15.8 Å². The van der Waals surface area contributed by atoms with E-state index in [9.17, 15) is 27.9 Å². The molecule has 0 aliphatic heterocycles. The highest BCUT2D eigenvalue weighted by Gasteiger charge is 2.29. The van der Waals surface area contributed by atoms with Gasteiger partial charge < -0.3 is 15.2 Å². The van der Waals surface area contributed by atoms with Gasteiger partial charge >= 0.3 is 6.18 Å². The van der Waals surface area contributed by atoms with Crippen molar-refractivity contribution in [2.75, 3.05) is 0 Å². The molecule has 0 bridgehead atoms. The highest BCUT2D eigenvalue weighted by molar-refractivity contribution is 5.95. The maximum Gasteiger partial charge on any atom is 0.416 e. The van der Waals surface area contributed by atoms with Gasteiger partial charge in [-0.05, 0) is 23.8 Å². The third kappa shape index (κ3) is 4.46. The maximum absolute atomic E-state index is 12.3. The van der Waals surface area contributed by atoms with Crippen LogP contribution in [0, 0.1) is 0 Å². The van der Waals surface area contributed by atoms with E-state index in [0.29, 0.717) is 0 Å². The molecule has 0 saturated carbocycles. The number of carboxylic acid groups (broad SMARTS) is 1. The summed E-state index contributed by atoms with van der Waals surface area (Å²) < 4.78 is 36.9. The van der Waals surface area contributed by atoms with Gasteiger partial charge in [0.15, 0.2) is 0 Å². The standard InChI is InChI=1S/C12H10F3NO3/c1-7(17)16-10(11(18)19)6-8-2-4-9(5-3-8)12(13,14)15/h2-6H,1H3,(H,16,17)(H,18,19)/p-1/b10-6-. The first-order valence-corrected chi connectivity index (χ1v) is 5.08. The van der Waals surface area contributed by atoms with E-state index in [2.05, 4.69) is 0 Å². The summed E-state index contributed by atoms with van der Waals surface area (Å²) in [4.78, 5) is 21.4. The Morgan fingerprint density at radius 2 is 1.74 bits per heavy atom. The number of nitrogens with one attached hydrogen (secondary N) is 1. The van der Waals surface area contributed by atoms with Gasteiger partial charge in [-0.1, -0.05) is 12.1 Å². The van der Waals surface area contributed by atoms with Gasteiger partial charge in [0.05, 0.1) is 17.2 Å². The SMILES string of the molecule is CC(=O)N/C(=C\c1ccc(C(F)(F)F)cc1)C(=O)[O-]. The van der Waals surface area contributed by atoms with Crippen LogP contribution < -0.4 is 10.4 Å². The summed E-state index contributed by atoms with van der Waals surface area (Å²) in [5.41, 5.74) is -1.17. The quantitative estimate of drug-likeness (QED) is 0.832. The number of carbonyl (C=O) groups excluding carboxylic acids is 2. The summed E-state index contributed by atoms with van der Waals surface area (Å²) in [6.07, 6.45) is -3.45. The molecule has 7 heteroatoms. The lowest BCUT2D eigenvalue weighted by Gasteiger charge is -2.10. The van der Waals surface area contributed by atoms with E-state index in [1.54, 1.807) is 0 Å². The fourth-order valence-electron chi connectivity index (χ4n) is 1.27. The summed E-state index contributed by atoms with van der Waals surface area (Å²) in [5, 5.41) is 12.7. The largest absolute Gasteiger partial charge is 0.543 e. The van der Waals surface area contributed by atoms with Gasteiger partial charge in [-0.2, -0.15) is 13.2 Å². The molecule has 1 aromatic carbocycles. The van der Waals surface area contributed by atoms with E-state index >= 15 is 0 Å². The van der Waals surface area contributed by atoms with Gasteiger partial charge in [0.2, 0.25) is 5.91 Å². The van der Waals surface area contributed by atoms with Crippen LogP contribution in [0.4, 0.5) is 13.2 Å². The Hall–Kier alpha value is -2.31. The van der Waals surface area contributed by atoms with Crippen molar-refractivity contribution < 1.29 is 27.9 Å². The molecule has 0 spiro atoms. The Labute approximate surface area is 106 Å². The van der Waals surface area contributed by atoms with E-state index in [1.807, 2.05) is 5.32 Å². The molecule has 1 rings (SSSR count). The van der Waals surface area contributed by atoms with Gasteiger partial charge in [-0.25, -0.2) is 0 Å². The van der Waals surface area contributed by atoms with Crippen LogP contribution >= 0.6 is 0 Å². The van der Waals surface area contributed by atoms with Crippen LogP contribution in [0.25, 0.3) is 6.08 Å². The molecule has 0 aliphatic rings. The summed E-state index contributed by atoms with van der Waals surface area (Å²) >= 11 is 0. The molecule has 0 aromatic heterocycles.